The Bertz CT molecular complexity index is 589. The first-order valence-corrected chi connectivity index (χ1v) is 6.72. The Hall–Kier alpha value is -2.09. The highest BCUT2D eigenvalue weighted by atomic mass is 16.4. The van der Waals surface area contributed by atoms with Gasteiger partial charge >= 0.3 is 0 Å². The minimum atomic E-state index is 0.518. The lowest BCUT2D eigenvalue weighted by Gasteiger charge is -2.26. The smallest absolute Gasteiger partial charge is 0.0870 e. The molecule has 0 radical (unpaired) electrons. The molecule has 1 atom stereocenters. The summed E-state index contributed by atoms with van der Waals surface area (Å²) in [5, 5.41) is 12.5. The number of rotatable bonds is 2. The standard InChI is InChI=1S/C17H17NO/c19-18-17-11-10-14(12-13-6-2-1-3-7-13)15-8-4-5-9-16(15)17/h1-9,14,19H,10-12H2. The molecule has 2 nitrogen and oxygen atoms in total. The molecule has 3 rings (SSSR count). The Morgan fingerprint density at radius 3 is 2.53 bits per heavy atom. The Labute approximate surface area is 113 Å². The third kappa shape index (κ3) is 2.39. The van der Waals surface area contributed by atoms with Gasteiger partial charge in [-0.1, -0.05) is 59.8 Å². The molecule has 0 heterocycles. The highest BCUT2D eigenvalue weighted by Crippen LogP contribution is 2.34. The minimum absolute atomic E-state index is 0.518. The van der Waals surface area contributed by atoms with E-state index in [9.17, 15) is 0 Å². The van der Waals surface area contributed by atoms with Gasteiger partial charge < -0.3 is 5.21 Å². The van der Waals surface area contributed by atoms with E-state index in [-0.39, 0.29) is 0 Å². The van der Waals surface area contributed by atoms with Crippen molar-refractivity contribution in [2.75, 3.05) is 0 Å². The average Bonchev–Trinajstić information content (AvgIpc) is 2.49. The maximum Gasteiger partial charge on any atom is 0.0870 e. The van der Waals surface area contributed by atoms with E-state index in [0.717, 1.165) is 30.5 Å². The van der Waals surface area contributed by atoms with Crippen LogP contribution in [0, 0.1) is 0 Å². The number of hydrogen-bond donors (Lipinski definition) is 1. The third-order valence-corrected chi connectivity index (χ3v) is 3.89. The van der Waals surface area contributed by atoms with E-state index < -0.39 is 0 Å². The van der Waals surface area contributed by atoms with Crippen LogP contribution in [0.3, 0.4) is 0 Å². The molecule has 0 saturated heterocycles. The molecular weight excluding hydrogens is 234 g/mol. The first kappa shape index (κ1) is 12.0. The lowest BCUT2D eigenvalue weighted by atomic mass is 9.79. The first-order chi connectivity index (χ1) is 9.38. The summed E-state index contributed by atoms with van der Waals surface area (Å²) in [6, 6.07) is 18.9. The van der Waals surface area contributed by atoms with Crippen LogP contribution in [-0.4, -0.2) is 10.9 Å². The van der Waals surface area contributed by atoms with Gasteiger partial charge in [0.15, 0.2) is 0 Å². The summed E-state index contributed by atoms with van der Waals surface area (Å²) in [6.07, 6.45) is 2.95. The number of fused-ring (bicyclic) bond motifs is 1. The Kier molecular flexibility index (Phi) is 3.32. The van der Waals surface area contributed by atoms with E-state index in [0.29, 0.717) is 5.92 Å². The van der Waals surface area contributed by atoms with Gasteiger partial charge in [0.25, 0.3) is 0 Å². The van der Waals surface area contributed by atoms with Crippen LogP contribution in [0.15, 0.2) is 59.8 Å². The molecular formula is C17H17NO. The van der Waals surface area contributed by atoms with E-state index in [1.807, 2.05) is 6.07 Å². The topological polar surface area (TPSA) is 32.6 Å². The van der Waals surface area contributed by atoms with Crippen LogP contribution in [0.25, 0.3) is 0 Å². The van der Waals surface area contributed by atoms with Crippen molar-refractivity contribution in [1.82, 2.24) is 0 Å². The molecule has 0 aromatic heterocycles. The zero-order chi connectivity index (χ0) is 13.1. The maximum atomic E-state index is 9.10. The molecule has 19 heavy (non-hydrogen) atoms. The fraction of sp³-hybridized carbons (Fsp3) is 0.235. The monoisotopic (exact) mass is 251 g/mol. The zero-order valence-corrected chi connectivity index (χ0v) is 10.8. The average molecular weight is 251 g/mol. The lowest BCUT2D eigenvalue weighted by Crippen LogP contribution is -2.18. The van der Waals surface area contributed by atoms with E-state index in [4.69, 9.17) is 5.21 Å². The molecule has 2 aromatic carbocycles. The van der Waals surface area contributed by atoms with E-state index >= 15 is 0 Å². The van der Waals surface area contributed by atoms with Crippen LogP contribution in [0.1, 0.15) is 35.4 Å². The first-order valence-electron chi connectivity index (χ1n) is 6.72. The quantitative estimate of drug-likeness (QED) is 0.635. The van der Waals surface area contributed by atoms with Crippen molar-refractivity contribution in [3.05, 3.63) is 71.3 Å². The van der Waals surface area contributed by atoms with Crippen molar-refractivity contribution < 1.29 is 5.21 Å². The molecule has 1 aliphatic carbocycles. The highest BCUT2D eigenvalue weighted by Gasteiger charge is 2.24. The molecule has 2 heteroatoms. The van der Waals surface area contributed by atoms with Gasteiger partial charge in [0.1, 0.15) is 0 Å². The predicted octanol–water partition coefficient (Wildman–Crippen LogP) is 3.99. The van der Waals surface area contributed by atoms with Gasteiger partial charge in [0, 0.05) is 5.56 Å². The molecule has 0 fully saturated rings. The summed E-state index contributed by atoms with van der Waals surface area (Å²) in [7, 11) is 0. The largest absolute Gasteiger partial charge is 0.411 e. The third-order valence-electron chi connectivity index (χ3n) is 3.89. The summed E-state index contributed by atoms with van der Waals surface area (Å²) < 4.78 is 0. The van der Waals surface area contributed by atoms with Gasteiger partial charge in [-0.15, -0.1) is 0 Å². The van der Waals surface area contributed by atoms with Crippen molar-refractivity contribution in [2.24, 2.45) is 5.16 Å². The van der Waals surface area contributed by atoms with Gasteiger partial charge in [0.05, 0.1) is 5.71 Å². The van der Waals surface area contributed by atoms with Gasteiger partial charge in [-0.05, 0) is 36.3 Å². The second-order valence-corrected chi connectivity index (χ2v) is 5.06. The Morgan fingerprint density at radius 2 is 1.74 bits per heavy atom. The van der Waals surface area contributed by atoms with Crippen LogP contribution < -0.4 is 0 Å². The summed E-state index contributed by atoms with van der Waals surface area (Å²) in [5.41, 5.74) is 4.61. The Balaban J connectivity index is 1.93. The van der Waals surface area contributed by atoms with Crippen LogP contribution >= 0.6 is 0 Å². The number of oxime groups is 1. The second kappa shape index (κ2) is 5.27. The molecule has 0 bridgehead atoms. The zero-order valence-electron chi connectivity index (χ0n) is 10.8. The van der Waals surface area contributed by atoms with Gasteiger partial charge in [-0.2, -0.15) is 0 Å². The molecule has 1 aliphatic rings. The molecule has 0 amide bonds. The van der Waals surface area contributed by atoms with Crippen LogP contribution in [0.5, 0.6) is 0 Å². The van der Waals surface area contributed by atoms with Crippen molar-refractivity contribution in [1.29, 1.82) is 0 Å². The van der Waals surface area contributed by atoms with E-state index in [1.54, 1.807) is 0 Å². The van der Waals surface area contributed by atoms with Crippen molar-refractivity contribution in [2.45, 2.75) is 25.2 Å². The number of benzene rings is 2. The molecule has 1 N–H and O–H groups in total. The fourth-order valence-electron chi connectivity index (χ4n) is 2.93. The van der Waals surface area contributed by atoms with Crippen molar-refractivity contribution in [3.63, 3.8) is 0 Å². The summed E-state index contributed by atoms with van der Waals surface area (Å²) >= 11 is 0. The van der Waals surface area contributed by atoms with Gasteiger partial charge in [-0.25, -0.2) is 0 Å². The molecule has 1 unspecified atom stereocenters. The van der Waals surface area contributed by atoms with Crippen LogP contribution in [0.4, 0.5) is 0 Å². The van der Waals surface area contributed by atoms with Crippen LogP contribution in [-0.2, 0) is 6.42 Å². The van der Waals surface area contributed by atoms with Gasteiger partial charge in [-0.3, -0.25) is 0 Å². The number of nitrogens with zero attached hydrogens (tertiary/aromatic N) is 1. The highest BCUT2D eigenvalue weighted by molar-refractivity contribution is 6.02. The van der Waals surface area contributed by atoms with E-state index in [1.165, 1.54) is 11.1 Å². The Morgan fingerprint density at radius 1 is 1.00 bits per heavy atom. The summed E-state index contributed by atoms with van der Waals surface area (Å²) in [4.78, 5) is 0. The predicted molar refractivity (Wildman–Crippen MR) is 76.9 cm³/mol. The summed E-state index contributed by atoms with van der Waals surface area (Å²) in [6.45, 7) is 0. The molecule has 0 saturated carbocycles. The second-order valence-electron chi connectivity index (χ2n) is 5.06. The van der Waals surface area contributed by atoms with E-state index in [2.05, 4.69) is 53.7 Å². The number of hydrogen-bond acceptors (Lipinski definition) is 2. The van der Waals surface area contributed by atoms with Crippen LogP contribution in [0.2, 0.25) is 0 Å². The van der Waals surface area contributed by atoms with Gasteiger partial charge in [0.2, 0.25) is 0 Å². The maximum absolute atomic E-state index is 9.10. The molecule has 96 valence electrons. The normalized spacial score (nSPS) is 20.2. The van der Waals surface area contributed by atoms with Crippen molar-refractivity contribution in [3.8, 4) is 0 Å². The SMILES string of the molecule is ON=C1CCC(Cc2ccccc2)c2ccccc21. The molecule has 2 aromatic rings. The summed E-state index contributed by atoms with van der Waals surface area (Å²) in [5.74, 6) is 0.518. The lowest BCUT2D eigenvalue weighted by molar-refractivity contribution is 0.317. The molecule has 0 spiro atoms. The minimum Gasteiger partial charge on any atom is -0.411 e. The molecule has 0 aliphatic heterocycles. The van der Waals surface area contributed by atoms with Crippen molar-refractivity contribution >= 4 is 5.71 Å². The fourth-order valence-corrected chi connectivity index (χ4v) is 2.93.